The molecule has 0 aliphatic carbocycles. The average molecular weight is 1260 g/mol. The second-order valence-corrected chi connectivity index (χ2v) is 26.5. The molecule has 4 rings (SSSR count). The summed E-state index contributed by atoms with van der Waals surface area (Å²) in [6.07, 6.45) is 59.2. The summed E-state index contributed by atoms with van der Waals surface area (Å²) in [6, 6.07) is 40.3. The number of ether oxygens (including phenoxy) is 6. The van der Waals surface area contributed by atoms with Crippen molar-refractivity contribution in [3.8, 4) is 34.5 Å². The molecule has 0 fully saturated rings. The summed E-state index contributed by atoms with van der Waals surface area (Å²) in [5, 5.41) is 4.54. The summed E-state index contributed by atoms with van der Waals surface area (Å²) in [7, 11) is 0. The standard InChI is InChI=1S/C86H132O6/c1-7-13-19-25-31-37-43-51-63-87-81-69-75-57-49-50-58-76-70-82(88-64-52-44-38-32-26-20-14-8-2)84(90-66-54-46-40-34-28-22-16-10-4)72-78(76)60-62-80-74-86(92-68-56-48-42-36-30-24-18-12-6)85(91-67-55-47-41-35-29-23-17-11-5)73-79(80)61-59-77(75)71-83(81)89-65-53-45-39-33-27-21-15-9-3/h69-74H,7-48,51-56,63-68H2,1-6H3. The summed E-state index contributed by atoms with van der Waals surface area (Å²) >= 11 is 0. The van der Waals surface area contributed by atoms with Crippen LogP contribution in [0.1, 0.15) is 350 Å². The van der Waals surface area contributed by atoms with Crippen LogP contribution in [0, 0.1) is 48.5 Å². The van der Waals surface area contributed by atoms with Gasteiger partial charge in [-0.25, -0.2) is 0 Å². The van der Waals surface area contributed by atoms with Crippen molar-refractivity contribution in [3.05, 3.63) is 84.9 Å². The van der Waals surface area contributed by atoms with E-state index in [1.807, 2.05) is 12.1 Å². The molecule has 0 amide bonds. The van der Waals surface area contributed by atoms with Gasteiger partial charge in [0, 0.05) is 68.7 Å². The molecule has 0 bridgehead atoms. The molecule has 6 heteroatoms. The van der Waals surface area contributed by atoms with E-state index in [-0.39, 0.29) is 0 Å². The zero-order valence-corrected chi connectivity index (χ0v) is 60.1. The van der Waals surface area contributed by atoms with E-state index in [0.29, 0.717) is 74.1 Å². The highest BCUT2D eigenvalue weighted by Gasteiger charge is 2.13. The van der Waals surface area contributed by atoms with E-state index in [9.17, 15) is 0 Å². The van der Waals surface area contributed by atoms with Gasteiger partial charge in [-0.15, -0.1) is 0 Å². The van der Waals surface area contributed by atoms with E-state index in [4.69, 9.17) is 28.4 Å². The number of rotatable bonds is 60. The first-order valence-corrected chi connectivity index (χ1v) is 38.9. The maximum absolute atomic E-state index is 6.77. The molecule has 0 aromatic heterocycles. The molecule has 0 saturated carbocycles. The van der Waals surface area contributed by atoms with E-state index in [2.05, 4.69) is 114 Å². The fourth-order valence-corrected chi connectivity index (χ4v) is 12.0. The van der Waals surface area contributed by atoms with Crippen LogP contribution < -0.4 is 28.4 Å². The molecule has 6 nitrogen and oxygen atoms in total. The van der Waals surface area contributed by atoms with Gasteiger partial charge in [0.1, 0.15) is 0 Å². The van der Waals surface area contributed by atoms with Gasteiger partial charge in [-0.05, 0) is 50.7 Å². The molecule has 0 aliphatic rings. The molecule has 0 atom stereocenters. The summed E-state index contributed by atoms with van der Waals surface area (Å²) < 4.78 is 40.3. The molecule has 4 aromatic carbocycles. The van der Waals surface area contributed by atoms with Gasteiger partial charge < -0.3 is 28.4 Å². The lowest BCUT2D eigenvalue weighted by atomic mass is 10.1. The van der Waals surface area contributed by atoms with Gasteiger partial charge in [-0.3, -0.25) is 0 Å². The third kappa shape index (κ3) is 37.6. The Bertz CT molecular complexity index is 2360. The van der Waals surface area contributed by atoms with Gasteiger partial charge in [-0.2, -0.15) is 0 Å². The van der Waals surface area contributed by atoms with E-state index < -0.39 is 0 Å². The Morgan fingerprint density at radius 3 is 0.457 bits per heavy atom. The second kappa shape index (κ2) is 56.1. The zero-order chi connectivity index (χ0) is 65.3. The minimum absolute atomic E-state index is 0.609. The van der Waals surface area contributed by atoms with Crippen LogP contribution in [-0.4, -0.2) is 39.6 Å². The second-order valence-electron chi connectivity index (χ2n) is 26.5. The number of benzene rings is 3. The minimum atomic E-state index is 0.609. The van der Waals surface area contributed by atoms with Crippen LogP contribution in [0.15, 0.2) is 36.4 Å². The van der Waals surface area contributed by atoms with Gasteiger partial charge in [0.05, 0.1) is 39.6 Å². The molecule has 0 unspecified atom stereocenters. The van der Waals surface area contributed by atoms with Gasteiger partial charge in [-0.1, -0.05) is 348 Å². The van der Waals surface area contributed by atoms with E-state index in [1.54, 1.807) is 0 Å². The number of hydrogen-bond acceptors (Lipinski definition) is 6. The summed E-state index contributed by atoms with van der Waals surface area (Å²) in [5.74, 6) is 4.26. The maximum atomic E-state index is 6.77. The van der Waals surface area contributed by atoms with E-state index in [0.717, 1.165) is 109 Å². The first kappa shape index (κ1) is 79.1. The molecule has 0 heterocycles. The predicted octanol–water partition coefficient (Wildman–Crippen LogP) is 26.9. The lowest BCUT2D eigenvalue weighted by Crippen LogP contribution is -2.03. The molecule has 0 N–H and O–H groups in total. The topological polar surface area (TPSA) is 55.4 Å². The normalized spacial score (nSPS) is 11.0. The molecule has 92 heavy (non-hydrogen) atoms. The van der Waals surface area contributed by atoms with Crippen LogP contribution in [-0.2, 0) is 0 Å². The molecule has 4 aromatic rings. The Hall–Kier alpha value is -5.30. The zero-order valence-electron chi connectivity index (χ0n) is 60.1. The highest BCUT2D eigenvalue weighted by atomic mass is 16.5. The Balaban J connectivity index is 1.89. The Kier molecular flexibility index (Phi) is 48.2. The highest BCUT2D eigenvalue weighted by Crippen LogP contribution is 2.36. The molecule has 0 saturated heterocycles. The van der Waals surface area contributed by atoms with Crippen molar-refractivity contribution in [1.29, 1.82) is 0 Å². The van der Waals surface area contributed by atoms with Gasteiger partial charge in [0.2, 0.25) is 0 Å². The molecule has 0 spiro atoms. The molecule has 512 valence electrons. The monoisotopic (exact) mass is 1260 g/mol. The first-order valence-electron chi connectivity index (χ1n) is 38.9. The summed E-state index contributed by atoms with van der Waals surface area (Å²) in [4.78, 5) is 0. The van der Waals surface area contributed by atoms with Crippen molar-refractivity contribution in [2.24, 2.45) is 0 Å². The maximum Gasteiger partial charge on any atom is 0.162 e. The lowest BCUT2D eigenvalue weighted by Gasteiger charge is -2.14. The summed E-state index contributed by atoms with van der Waals surface area (Å²) in [6.45, 7) is 17.4. The smallest absolute Gasteiger partial charge is 0.162 e. The SMILES string of the molecule is CCCCCCCCCCOc1cc2c#cc#cc3cc(OCCCCCCCCCC)c(OCCCCCCCCCC)cc3c#cc3cc(OCCCCCCCCCC)c(OCCCCCCCCCC)cc3c#cc2cc1OCCCCCCCCCC. The van der Waals surface area contributed by atoms with Crippen LogP contribution in [0.2, 0.25) is 0 Å². The number of unbranched alkanes of at least 4 members (excludes halogenated alkanes) is 42. The van der Waals surface area contributed by atoms with Crippen LogP contribution >= 0.6 is 0 Å². The van der Waals surface area contributed by atoms with Gasteiger partial charge >= 0.3 is 0 Å². The van der Waals surface area contributed by atoms with E-state index >= 15 is 0 Å². The minimum Gasteiger partial charge on any atom is -0.490 e. The summed E-state index contributed by atoms with van der Waals surface area (Å²) in [5.41, 5.74) is 0. The fraction of sp³-hybridized carbons (Fsp3) is 0.698. The van der Waals surface area contributed by atoms with Crippen molar-refractivity contribution >= 4 is 32.3 Å². The molecular weight excluding hydrogens is 1130 g/mol. The van der Waals surface area contributed by atoms with Crippen molar-refractivity contribution in [2.75, 3.05) is 39.6 Å². The van der Waals surface area contributed by atoms with Crippen LogP contribution in [0.3, 0.4) is 0 Å². The highest BCUT2D eigenvalue weighted by molar-refractivity contribution is 5.87. The molecular formula is C86H132O6. The Morgan fingerprint density at radius 2 is 0.304 bits per heavy atom. The quantitative estimate of drug-likeness (QED) is 0.0411. The lowest BCUT2D eigenvalue weighted by molar-refractivity contribution is 0.259. The Morgan fingerprint density at radius 1 is 0.174 bits per heavy atom. The molecule has 0 aliphatic heterocycles. The third-order valence-corrected chi connectivity index (χ3v) is 17.9. The predicted molar refractivity (Wildman–Crippen MR) is 394 cm³/mol. The number of fused-ring (bicyclic) bond motifs is 3. The largest absolute Gasteiger partial charge is 0.490 e. The number of hydrogen-bond donors (Lipinski definition) is 0. The third-order valence-electron chi connectivity index (χ3n) is 17.9. The van der Waals surface area contributed by atoms with Crippen molar-refractivity contribution in [3.63, 3.8) is 0 Å². The fourth-order valence-electron chi connectivity index (χ4n) is 12.0. The van der Waals surface area contributed by atoms with Crippen molar-refractivity contribution < 1.29 is 28.4 Å². The van der Waals surface area contributed by atoms with Gasteiger partial charge in [0.15, 0.2) is 34.5 Å². The molecule has 0 radical (unpaired) electrons. The van der Waals surface area contributed by atoms with E-state index in [1.165, 1.54) is 231 Å². The Labute approximate surface area is 566 Å². The first-order chi connectivity index (χ1) is 45.5. The average Bonchev–Trinajstić information content (AvgIpc) is 0.973. The van der Waals surface area contributed by atoms with Crippen molar-refractivity contribution in [1.82, 2.24) is 0 Å². The van der Waals surface area contributed by atoms with Crippen molar-refractivity contribution in [2.45, 2.75) is 350 Å². The van der Waals surface area contributed by atoms with Crippen LogP contribution in [0.25, 0.3) is 32.3 Å². The van der Waals surface area contributed by atoms with Crippen LogP contribution in [0.4, 0.5) is 0 Å². The van der Waals surface area contributed by atoms with Gasteiger partial charge in [0.25, 0.3) is 0 Å². The van der Waals surface area contributed by atoms with Crippen LogP contribution in [0.5, 0.6) is 34.5 Å².